The van der Waals surface area contributed by atoms with Gasteiger partial charge in [0.05, 0.1) is 0 Å². The van der Waals surface area contributed by atoms with Crippen molar-refractivity contribution in [2.24, 2.45) is 11.8 Å². The third-order valence-electron chi connectivity index (χ3n) is 4.86. The molecule has 3 rings (SSSR count). The molecule has 0 bridgehead atoms. The first-order chi connectivity index (χ1) is 11.1. The van der Waals surface area contributed by atoms with Crippen molar-refractivity contribution in [3.05, 3.63) is 35.6 Å². The van der Waals surface area contributed by atoms with Crippen LogP contribution in [0, 0.1) is 17.7 Å². The second kappa shape index (κ2) is 6.66. The molecule has 2 amide bonds. The van der Waals surface area contributed by atoms with Gasteiger partial charge in [0.25, 0.3) is 5.91 Å². The van der Waals surface area contributed by atoms with Crippen LogP contribution in [-0.2, 0) is 4.79 Å². The van der Waals surface area contributed by atoms with Gasteiger partial charge in [0.2, 0.25) is 5.91 Å². The van der Waals surface area contributed by atoms with Crippen molar-refractivity contribution in [1.82, 2.24) is 15.1 Å². The van der Waals surface area contributed by atoms with Crippen LogP contribution in [0.1, 0.15) is 17.3 Å². The Hall–Kier alpha value is -1.95. The smallest absolute Gasteiger partial charge is 0.254 e. The van der Waals surface area contributed by atoms with Crippen molar-refractivity contribution in [2.45, 2.75) is 6.92 Å². The lowest BCUT2D eigenvalue weighted by Gasteiger charge is -2.39. The number of hydrogen-bond acceptors (Lipinski definition) is 3. The van der Waals surface area contributed by atoms with Crippen LogP contribution in [0.15, 0.2) is 24.3 Å². The van der Waals surface area contributed by atoms with E-state index in [0.717, 1.165) is 13.1 Å². The first-order valence-corrected chi connectivity index (χ1v) is 8.10. The molecule has 5 nitrogen and oxygen atoms in total. The van der Waals surface area contributed by atoms with Crippen molar-refractivity contribution >= 4 is 11.8 Å². The average Bonchev–Trinajstić information content (AvgIpc) is 2.52. The van der Waals surface area contributed by atoms with E-state index in [1.54, 1.807) is 11.0 Å². The zero-order valence-electron chi connectivity index (χ0n) is 13.3. The lowest BCUT2D eigenvalue weighted by atomic mass is 9.88. The molecule has 1 atom stereocenters. The van der Waals surface area contributed by atoms with Crippen LogP contribution in [-0.4, -0.2) is 60.9 Å². The highest BCUT2D eigenvalue weighted by atomic mass is 19.1. The van der Waals surface area contributed by atoms with E-state index in [1.165, 1.54) is 18.2 Å². The fourth-order valence-electron chi connectivity index (χ4n) is 3.09. The highest BCUT2D eigenvalue weighted by Gasteiger charge is 2.33. The van der Waals surface area contributed by atoms with E-state index in [0.29, 0.717) is 37.7 Å². The van der Waals surface area contributed by atoms with Crippen LogP contribution in [0.5, 0.6) is 0 Å². The number of amides is 2. The molecule has 0 radical (unpaired) electrons. The predicted octanol–water partition coefficient (Wildman–Crippen LogP) is 0.966. The summed E-state index contributed by atoms with van der Waals surface area (Å²) in [5.74, 6) is 0.0472. The van der Waals surface area contributed by atoms with E-state index in [2.05, 4.69) is 5.32 Å². The number of rotatable bonds is 3. The molecular formula is C17H22FN3O2. The number of halogens is 1. The van der Waals surface area contributed by atoms with Crippen molar-refractivity contribution in [1.29, 1.82) is 0 Å². The van der Waals surface area contributed by atoms with Crippen LogP contribution >= 0.6 is 0 Å². The van der Waals surface area contributed by atoms with Crippen molar-refractivity contribution < 1.29 is 14.0 Å². The van der Waals surface area contributed by atoms with Crippen molar-refractivity contribution in [3.63, 3.8) is 0 Å². The zero-order valence-corrected chi connectivity index (χ0v) is 13.3. The zero-order chi connectivity index (χ0) is 16.4. The van der Waals surface area contributed by atoms with Crippen LogP contribution in [0.3, 0.4) is 0 Å². The summed E-state index contributed by atoms with van der Waals surface area (Å²) in [7, 11) is 0. The number of carbonyl (C=O) groups excluding carboxylic acids is 2. The van der Waals surface area contributed by atoms with Crippen molar-refractivity contribution in [3.8, 4) is 0 Å². The normalized spacial score (nSPS) is 20.1. The average molecular weight is 319 g/mol. The molecule has 0 spiro atoms. The van der Waals surface area contributed by atoms with Crippen molar-refractivity contribution in [2.75, 3.05) is 39.3 Å². The first kappa shape index (κ1) is 15.9. The summed E-state index contributed by atoms with van der Waals surface area (Å²) >= 11 is 0. The second-order valence-corrected chi connectivity index (χ2v) is 6.33. The first-order valence-electron chi connectivity index (χ1n) is 8.10. The summed E-state index contributed by atoms with van der Waals surface area (Å²) in [6.45, 7) is 5.89. The molecule has 124 valence electrons. The molecule has 2 fully saturated rings. The van der Waals surface area contributed by atoms with Gasteiger partial charge in [0.15, 0.2) is 0 Å². The van der Waals surface area contributed by atoms with E-state index in [1.807, 2.05) is 11.8 Å². The topological polar surface area (TPSA) is 52.7 Å². The predicted molar refractivity (Wildman–Crippen MR) is 84.4 cm³/mol. The summed E-state index contributed by atoms with van der Waals surface area (Å²) in [5, 5.41) is 3.19. The molecule has 1 N–H and O–H groups in total. The van der Waals surface area contributed by atoms with Gasteiger partial charge in [0.1, 0.15) is 5.82 Å². The maximum atomic E-state index is 13.2. The Morgan fingerprint density at radius 2 is 1.83 bits per heavy atom. The molecular weight excluding hydrogens is 297 g/mol. The Kier molecular flexibility index (Phi) is 4.61. The van der Waals surface area contributed by atoms with Gasteiger partial charge in [-0.15, -0.1) is 0 Å². The van der Waals surface area contributed by atoms with Gasteiger partial charge in [0, 0.05) is 37.7 Å². The van der Waals surface area contributed by atoms with Gasteiger partial charge in [-0.2, -0.15) is 0 Å². The molecule has 2 heterocycles. The Balaban J connectivity index is 1.55. The SMILES string of the molecule is CC(C(=O)N1CCN(C(=O)c2cccc(F)c2)CC1)C1CNC1. The Morgan fingerprint density at radius 3 is 2.39 bits per heavy atom. The van der Waals surface area contributed by atoms with Crippen LogP contribution in [0.25, 0.3) is 0 Å². The number of hydrogen-bond donors (Lipinski definition) is 1. The molecule has 1 aromatic carbocycles. The lowest BCUT2D eigenvalue weighted by molar-refractivity contribution is -0.138. The number of piperazine rings is 1. The largest absolute Gasteiger partial charge is 0.339 e. The van der Waals surface area contributed by atoms with Crippen LogP contribution in [0.4, 0.5) is 4.39 Å². The molecule has 2 aliphatic heterocycles. The highest BCUT2D eigenvalue weighted by molar-refractivity contribution is 5.94. The van der Waals surface area contributed by atoms with E-state index in [4.69, 9.17) is 0 Å². The van der Waals surface area contributed by atoms with Gasteiger partial charge >= 0.3 is 0 Å². The van der Waals surface area contributed by atoms with Gasteiger partial charge < -0.3 is 15.1 Å². The monoisotopic (exact) mass is 319 g/mol. The van der Waals surface area contributed by atoms with E-state index >= 15 is 0 Å². The third kappa shape index (κ3) is 3.37. The summed E-state index contributed by atoms with van der Waals surface area (Å²) in [4.78, 5) is 28.4. The fraction of sp³-hybridized carbons (Fsp3) is 0.529. The lowest BCUT2D eigenvalue weighted by Crippen LogP contribution is -2.55. The standard InChI is InChI=1S/C17H22FN3O2/c1-12(14-10-19-11-14)16(22)20-5-7-21(8-6-20)17(23)13-3-2-4-15(18)9-13/h2-4,9,12,14,19H,5-8,10-11H2,1H3. The van der Waals surface area contributed by atoms with Gasteiger partial charge in [-0.05, 0) is 37.2 Å². The Labute approximate surface area is 135 Å². The minimum atomic E-state index is -0.410. The summed E-state index contributed by atoms with van der Waals surface area (Å²) in [6.07, 6.45) is 0. The number of benzene rings is 1. The van der Waals surface area contributed by atoms with E-state index < -0.39 is 5.82 Å². The molecule has 6 heteroatoms. The Bertz CT molecular complexity index is 595. The van der Waals surface area contributed by atoms with Crippen LogP contribution < -0.4 is 5.32 Å². The minimum absolute atomic E-state index is 0.0294. The van der Waals surface area contributed by atoms with Crippen LogP contribution in [0.2, 0.25) is 0 Å². The molecule has 2 saturated heterocycles. The maximum absolute atomic E-state index is 13.2. The second-order valence-electron chi connectivity index (χ2n) is 6.33. The number of carbonyl (C=O) groups is 2. The number of nitrogens with zero attached hydrogens (tertiary/aromatic N) is 2. The minimum Gasteiger partial charge on any atom is -0.339 e. The highest BCUT2D eigenvalue weighted by Crippen LogP contribution is 2.19. The summed E-state index contributed by atoms with van der Waals surface area (Å²) in [6, 6.07) is 5.74. The maximum Gasteiger partial charge on any atom is 0.254 e. The summed E-state index contributed by atoms with van der Waals surface area (Å²) < 4.78 is 13.2. The molecule has 23 heavy (non-hydrogen) atoms. The molecule has 1 aromatic rings. The van der Waals surface area contributed by atoms with Gasteiger partial charge in [-0.3, -0.25) is 9.59 Å². The molecule has 1 unspecified atom stereocenters. The van der Waals surface area contributed by atoms with E-state index in [-0.39, 0.29) is 17.7 Å². The molecule has 0 saturated carbocycles. The quantitative estimate of drug-likeness (QED) is 0.903. The fourth-order valence-corrected chi connectivity index (χ4v) is 3.09. The van der Waals surface area contributed by atoms with E-state index in [9.17, 15) is 14.0 Å². The van der Waals surface area contributed by atoms with Gasteiger partial charge in [-0.1, -0.05) is 13.0 Å². The Morgan fingerprint density at radius 1 is 1.17 bits per heavy atom. The molecule has 2 aliphatic rings. The number of nitrogens with one attached hydrogen (secondary N) is 1. The van der Waals surface area contributed by atoms with Gasteiger partial charge in [-0.25, -0.2) is 4.39 Å². The summed E-state index contributed by atoms with van der Waals surface area (Å²) in [5.41, 5.74) is 0.360. The third-order valence-corrected chi connectivity index (χ3v) is 4.86. The molecule has 0 aromatic heterocycles. The molecule has 0 aliphatic carbocycles.